The highest BCUT2D eigenvalue weighted by Gasteiger charge is 2.37. The van der Waals surface area contributed by atoms with Crippen LogP contribution >= 0.6 is 0 Å². The third kappa shape index (κ3) is 3.45. The minimum Gasteiger partial charge on any atom is -0.389 e. The van der Waals surface area contributed by atoms with Crippen molar-refractivity contribution in [3.05, 3.63) is 63.9 Å². The fourth-order valence-corrected chi connectivity index (χ4v) is 6.04. The maximum Gasteiger partial charge on any atom is 0.261 e. The van der Waals surface area contributed by atoms with Gasteiger partial charge in [0.1, 0.15) is 5.84 Å². The summed E-state index contributed by atoms with van der Waals surface area (Å²) in [5.41, 5.74) is 3.77. The summed E-state index contributed by atoms with van der Waals surface area (Å²) in [4.78, 5) is 25.6. The van der Waals surface area contributed by atoms with Gasteiger partial charge >= 0.3 is 0 Å². The molecule has 0 spiro atoms. The molecule has 33 heavy (non-hydrogen) atoms. The molecule has 0 aromatic carbocycles. The molecule has 7 heteroatoms. The van der Waals surface area contributed by atoms with Crippen LogP contribution in [0.4, 0.5) is 0 Å². The van der Waals surface area contributed by atoms with Crippen molar-refractivity contribution in [3.63, 3.8) is 0 Å². The number of aromatic nitrogens is 2. The van der Waals surface area contributed by atoms with Gasteiger partial charge in [0.25, 0.3) is 5.56 Å². The molecule has 1 aromatic rings. The Morgan fingerprint density at radius 1 is 1.33 bits per heavy atom. The molecular formula is C26H30N4O3. The van der Waals surface area contributed by atoms with Crippen LogP contribution < -0.4 is 5.56 Å². The van der Waals surface area contributed by atoms with Crippen LogP contribution in [0.2, 0.25) is 0 Å². The summed E-state index contributed by atoms with van der Waals surface area (Å²) >= 11 is 0. The van der Waals surface area contributed by atoms with Crippen LogP contribution in [0.15, 0.2) is 52.1 Å². The Hall–Kier alpha value is -2.77. The third-order valence-electron chi connectivity index (χ3n) is 7.71. The fraction of sp³-hybridized carbons (Fsp3) is 0.500. The highest BCUT2D eigenvalue weighted by Crippen LogP contribution is 2.45. The van der Waals surface area contributed by atoms with Crippen LogP contribution in [-0.4, -0.2) is 63.8 Å². The summed E-state index contributed by atoms with van der Waals surface area (Å²) in [6.07, 6.45) is 16.3. The summed E-state index contributed by atoms with van der Waals surface area (Å²) in [6.45, 7) is 4.83. The van der Waals surface area contributed by atoms with Crippen molar-refractivity contribution in [2.75, 3.05) is 26.3 Å². The summed E-state index contributed by atoms with van der Waals surface area (Å²) in [5, 5.41) is 10.5. The largest absolute Gasteiger partial charge is 0.389 e. The molecule has 6 rings (SSSR count). The number of rotatable bonds is 3. The van der Waals surface area contributed by atoms with Gasteiger partial charge < -0.3 is 14.7 Å². The zero-order valence-corrected chi connectivity index (χ0v) is 18.9. The van der Waals surface area contributed by atoms with Crippen molar-refractivity contribution in [3.8, 4) is 0 Å². The van der Waals surface area contributed by atoms with Gasteiger partial charge in [-0.05, 0) is 42.9 Å². The lowest BCUT2D eigenvalue weighted by atomic mass is 9.71. The van der Waals surface area contributed by atoms with Crippen molar-refractivity contribution in [1.82, 2.24) is 14.5 Å². The highest BCUT2D eigenvalue weighted by molar-refractivity contribution is 5.95. The van der Waals surface area contributed by atoms with Crippen molar-refractivity contribution < 1.29 is 9.84 Å². The first kappa shape index (κ1) is 20.8. The molecule has 1 N–H and O–H groups in total. The molecule has 172 valence electrons. The van der Waals surface area contributed by atoms with Crippen molar-refractivity contribution >= 4 is 17.5 Å². The Kier molecular flexibility index (Phi) is 5.18. The molecule has 5 aliphatic rings. The van der Waals surface area contributed by atoms with E-state index in [0.29, 0.717) is 30.6 Å². The summed E-state index contributed by atoms with van der Waals surface area (Å²) in [6, 6.07) is 0.0250. The smallest absolute Gasteiger partial charge is 0.261 e. The van der Waals surface area contributed by atoms with Crippen molar-refractivity contribution in [2.45, 2.75) is 44.4 Å². The molecular weight excluding hydrogens is 416 g/mol. The van der Waals surface area contributed by atoms with E-state index >= 15 is 0 Å². The molecule has 2 aliphatic carbocycles. The second-order valence-electron chi connectivity index (χ2n) is 9.72. The Bertz CT molecular complexity index is 1170. The van der Waals surface area contributed by atoms with Crippen LogP contribution in [0.5, 0.6) is 0 Å². The molecule has 0 bridgehead atoms. The van der Waals surface area contributed by atoms with Crippen LogP contribution in [0.1, 0.15) is 43.5 Å². The van der Waals surface area contributed by atoms with E-state index < -0.39 is 6.10 Å². The van der Waals surface area contributed by atoms with Gasteiger partial charge in [-0.15, -0.1) is 0 Å². The first-order chi connectivity index (χ1) is 16.1. The number of hydrogen-bond acceptors (Lipinski definition) is 6. The number of aliphatic imine (C=N–C) groups is 1. The van der Waals surface area contributed by atoms with Gasteiger partial charge in [0, 0.05) is 19.1 Å². The lowest BCUT2D eigenvalue weighted by Gasteiger charge is -2.37. The Labute approximate surface area is 193 Å². The van der Waals surface area contributed by atoms with Crippen LogP contribution in [0.25, 0.3) is 11.6 Å². The van der Waals surface area contributed by atoms with Crippen LogP contribution in [0, 0.1) is 11.8 Å². The molecule has 5 atom stereocenters. The summed E-state index contributed by atoms with van der Waals surface area (Å²) < 4.78 is 6.99. The SMILES string of the molecule is CC1C=CC=C2c3ncn([C@H]4CCOC[C@@H]4O)c(=O)c3C=C(CC3CN=C4C=CCCN43)C21. The molecule has 7 nitrogen and oxygen atoms in total. The van der Waals surface area contributed by atoms with Gasteiger partial charge in [0.15, 0.2) is 0 Å². The van der Waals surface area contributed by atoms with E-state index in [0.717, 1.165) is 43.0 Å². The minimum absolute atomic E-state index is 0.0747. The van der Waals surface area contributed by atoms with E-state index in [-0.39, 0.29) is 24.1 Å². The van der Waals surface area contributed by atoms with Gasteiger partial charge in [-0.3, -0.25) is 14.4 Å². The van der Waals surface area contributed by atoms with Gasteiger partial charge in [0.05, 0.1) is 48.9 Å². The number of fused-ring (bicyclic) bond motifs is 4. The Morgan fingerprint density at radius 2 is 2.24 bits per heavy atom. The van der Waals surface area contributed by atoms with Crippen molar-refractivity contribution in [2.24, 2.45) is 16.8 Å². The predicted octanol–water partition coefficient (Wildman–Crippen LogP) is 2.60. The van der Waals surface area contributed by atoms with E-state index in [9.17, 15) is 9.90 Å². The maximum atomic E-state index is 13.7. The summed E-state index contributed by atoms with van der Waals surface area (Å²) in [5.74, 6) is 1.66. The monoisotopic (exact) mass is 446 g/mol. The molecule has 3 aliphatic heterocycles. The van der Waals surface area contributed by atoms with Gasteiger partial charge in [-0.1, -0.05) is 36.8 Å². The Balaban J connectivity index is 1.41. The first-order valence-corrected chi connectivity index (χ1v) is 12.1. The molecule has 0 saturated carbocycles. The second kappa shape index (κ2) is 8.22. The fourth-order valence-electron chi connectivity index (χ4n) is 6.04. The standard InChI is InChI=1S/C26H30N4O3/c1-16-5-4-6-19-24(16)17(11-18-13-27-23-7-2-3-9-29(18)23)12-20-25(19)28-15-30(26(20)32)21-8-10-33-14-22(21)31/h2,4-7,12,15-16,18,21-22,24,31H,3,8-11,13-14H2,1H3/t16?,18?,21-,22-,24?/m0/s1. The third-order valence-corrected chi connectivity index (χ3v) is 7.71. The Morgan fingerprint density at radius 3 is 3.12 bits per heavy atom. The van der Waals surface area contributed by atoms with Crippen LogP contribution in [0.3, 0.4) is 0 Å². The lowest BCUT2D eigenvalue weighted by molar-refractivity contribution is -0.0396. The molecule has 0 amide bonds. The molecule has 0 radical (unpaired) electrons. The number of amidine groups is 1. The van der Waals surface area contributed by atoms with Gasteiger partial charge in [0.2, 0.25) is 0 Å². The zero-order valence-electron chi connectivity index (χ0n) is 18.9. The van der Waals surface area contributed by atoms with Crippen molar-refractivity contribution in [1.29, 1.82) is 0 Å². The zero-order chi connectivity index (χ0) is 22.5. The molecule has 4 heterocycles. The normalized spacial score (nSPS) is 32.5. The number of allylic oxidation sites excluding steroid dienone is 4. The number of aliphatic hydroxyl groups excluding tert-OH is 1. The van der Waals surface area contributed by atoms with Gasteiger partial charge in [-0.2, -0.15) is 0 Å². The molecule has 1 saturated heterocycles. The van der Waals surface area contributed by atoms with Gasteiger partial charge in [-0.25, -0.2) is 4.98 Å². The average molecular weight is 447 g/mol. The minimum atomic E-state index is -0.700. The van der Waals surface area contributed by atoms with E-state index in [2.05, 4.69) is 48.3 Å². The number of hydrogen-bond donors (Lipinski definition) is 1. The van der Waals surface area contributed by atoms with E-state index in [4.69, 9.17) is 14.7 Å². The molecule has 3 unspecified atom stereocenters. The number of aliphatic hydroxyl groups is 1. The van der Waals surface area contributed by atoms with E-state index in [1.54, 1.807) is 10.9 Å². The summed E-state index contributed by atoms with van der Waals surface area (Å²) in [7, 11) is 0. The molecule has 1 fully saturated rings. The first-order valence-electron chi connectivity index (χ1n) is 12.1. The second-order valence-corrected chi connectivity index (χ2v) is 9.72. The molecule has 1 aromatic heterocycles. The highest BCUT2D eigenvalue weighted by atomic mass is 16.5. The lowest BCUT2D eigenvalue weighted by Crippen LogP contribution is -2.41. The number of nitrogens with zero attached hydrogens (tertiary/aromatic N) is 4. The average Bonchev–Trinajstić information content (AvgIpc) is 3.23. The predicted molar refractivity (Wildman–Crippen MR) is 128 cm³/mol. The van der Waals surface area contributed by atoms with Crippen LogP contribution in [-0.2, 0) is 4.74 Å². The van der Waals surface area contributed by atoms with E-state index in [1.165, 1.54) is 5.57 Å². The van der Waals surface area contributed by atoms with E-state index in [1.807, 2.05) is 0 Å². The topological polar surface area (TPSA) is 79.9 Å². The maximum absolute atomic E-state index is 13.7. The quantitative estimate of drug-likeness (QED) is 0.772. The number of ether oxygens (including phenoxy) is 1.